The molecule has 0 atom stereocenters. The maximum Gasteiger partial charge on any atom is 0.416 e. The number of rotatable bonds is 7. The Morgan fingerprint density at radius 2 is 1.55 bits per heavy atom. The third-order valence-corrected chi connectivity index (χ3v) is 5.19. The lowest BCUT2D eigenvalue weighted by Gasteiger charge is -2.12. The zero-order valence-electron chi connectivity index (χ0n) is 17.3. The van der Waals surface area contributed by atoms with Gasteiger partial charge in [-0.2, -0.15) is 13.2 Å². The molecular weight excluding hydrogens is 433 g/mol. The molecule has 0 aliphatic rings. The summed E-state index contributed by atoms with van der Waals surface area (Å²) in [4.78, 5) is 19.4. The van der Waals surface area contributed by atoms with Crippen LogP contribution >= 0.6 is 0 Å². The molecule has 8 heteroatoms. The highest BCUT2D eigenvalue weighted by atomic mass is 19.4. The first-order valence-electron chi connectivity index (χ1n) is 10.1. The number of halogens is 3. The normalized spacial score (nSPS) is 11.5. The van der Waals surface area contributed by atoms with Crippen molar-refractivity contribution in [1.82, 2.24) is 9.97 Å². The molecule has 5 nitrogen and oxygen atoms in total. The lowest BCUT2D eigenvalue weighted by atomic mass is 10.00. The van der Waals surface area contributed by atoms with E-state index in [1.165, 1.54) is 12.1 Å². The van der Waals surface area contributed by atoms with E-state index in [4.69, 9.17) is 9.84 Å². The van der Waals surface area contributed by atoms with Crippen molar-refractivity contribution in [1.29, 1.82) is 0 Å². The first-order valence-corrected chi connectivity index (χ1v) is 10.1. The lowest BCUT2D eigenvalue weighted by molar-refractivity contribution is -0.138. The minimum Gasteiger partial charge on any atom is -0.485 e. The maximum absolute atomic E-state index is 12.7. The van der Waals surface area contributed by atoms with Crippen LogP contribution in [0.2, 0.25) is 0 Å². The summed E-state index contributed by atoms with van der Waals surface area (Å²) in [6.07, 6.45) is -0.828. The van der Waals surface area contributed by atoms with E-state index in [0.29, 0.717) is 29.1 Å². The summed E-state index contributed by atoms with van der Waals surface area (Å²) in [5, 5.41) is 10.8. The number of hydrogen-bond acceptors (Lipinski definition) is 4. The van der Waals surface area contributed by atoms with Crippen molar-refractivity contribution in [2.75, 3.05) is 0 Å². The Bertz CT molecular complexity index is 1270. The summed E-state index contributed by atoms with van der Waals surface area (Å²) < 4.78 is 44.1. The van der Waals surface area contributed by atoms with Gasteiger partial charge >= 0.3 is 12.1 Å². The van der Waals surface area contributed by atoms with E-state index in [-0.39, 0.29) is 13.0 Å². The van der Waals surface area contributed by atoms with Crippen LogP contribution in [0.25, 0.3) is 21.9 Å². The summed E-state index contributed by atoms with van der Waals surface area (Å²) in [5.41, 5.74) is 1.40. The van der Waals surface area contributed by atoms with Crippen molar-refractivity contribution in [2.45, 2.75) is 25.6 Å². The fraction of sp³-hybridized carbons (Fsp3) is 0.160. The summed E-state index contributed by atoms with van der Waals surface area (Å²) in [6, 6.07) is 16.1. The number of benzene rings is 3. The Kier molecular flexibility index (Phi) is 6.26. The number of aliphatic carboxylic acids is 1. The summed E-state index contributed by atoms with van der Waals surface area (Å²) in [5.74, 6) is 0.195. The first kappa shape index (κ1) is 22.3. The molecule has 4 rings (SSSR count). The zero-order chi connectivity index (χ0) is 23.4. The second-order valence-electron chi connectivity index (χ2n) is 7.41. The average molecular weight is 452 g/mol. The number of nitrogens with zero attached hydrogens (tertiary/aromatic N) is 2. The van der Waals surface area contributed by atoms with Gasteiger partial charge in [0.25, 0.3) is 0 Å². The van der Waals surface area contributed by atoms with E-state index >= 15 is 0 Å². The van der Waals surface area contributed by atoms with Gasteiger partial charge in [-0.1, -0.05) is 42.5 Å². The number of hydrogen-bond donors (Lipinski definition) is 1. The highest BCUT2D eigenvalue weighted by Crippen LogP contribution is 2.31. The fourth-order valence-electron chi connectivity index (χ4n) is 3.49. The molecule has 1 aromatic heterocycles. The Hall–Kier alpha value is -3.94. The van der Waals surface area contributed by atoms with E-state index < -0.39 is 17.7 Å². The largest absolute Gasteiger partial charge is 0.485 e. The summed E-state index contributed by atoms with van der Waals surface area (Å²) in [7, 11) is 0. The van der Waals surface area contributed by atoms with Crippen molar-refractivity contribution in [3.8, 4) is 16.9 Å². The quantitative estimate of drug-likeness (QED) is 0.377. The van der Waals surface area contributed by atoms with Gasteiger partial charge in [0.15, 0.2) is 5.82 Å². The molecule has 0 spiro atoms. The van der Waals surface area contributed by atoms with Crippen LogP contribution < -0.4 is 4.74 Å². The number of aryl methyl sites for hydroxylation is 1. The SMILES string of the molecule is O=C(O)CCc1ccc(OCc2ncc(-c3ccc(C(F)(F)F)cc3)cn2)c2ccccc12. The van der Waals surface area contributed by atoms with Crippen LogP contribution in [-0.4, -0.2) is 21.0 Å². The molecule has 0 aliphatic heterocycles. The van der Waals surface area contributed by atoms with Crippen molar-refractivity contribution < 1.29 is 27.8 Å². The van der Waals surface area contributed by atoms with Crippen LogP contribution in [0.15, 0.2) is 73.1 Å². The molecule has 33 heavy (non-hydrogen) atoms. The number of carboxylic acid groups (broad SMARTS) is 1. The molecule has 0 saturated carbocycles. The predicted octanol–water partition coefficient (Wildman–Crippen LogP) is 5.91. The van der Waals surface area contributed by atoms with Crippen molar-refractivity contribution in [3.05, 3.63) is 90.0 Å². The number of carbonyl (C=O) groups is 1. The Balaban J connectivity index is 1.47. The molecular formula is C25H19F3N2O3. The Morgan fingerprint density at radius 1 is 0.879 bits per heavy atom. The topological polar surface area (TPSA) is 72.3 Å². The van der Waals surface area contributed by atoms with Gasteiger partial charge in [0, 0.05) is 29.8 Å². The van der Waals surface area contributed by atoms with Crippen LogP contribution in [0.4, 0.5) is 13.2 Å². The molecule has 0 amide bonds. The molecule has 168 valence electrons. The van der Waals surface area contributed by atoms with Crippen LogP contribution in [0.1, 0.15) is 23.4 Å². The molecule has 3 aromatic carbocycles. The average Bonchev–Trinajstić information content (AvgIpc) is 2.81. The third kappa shape index (κ3) is 5.28. The Morgan fingerprint density at radius 3 is 2.18 bits per heavy atom. The third-order valence-electron chi connectivity index (χ3n) is 5.19. The van der Waals surface area contributed by atoms with E-state index in [1.807, 2.05) is 30.3 Å². The molecule has 0 aliphatic carbocycles. The smallest absolute Gasteiger partial charge is 0.416 e. The predicted molar refractivity (Wildman–Crippen MR) is 117 cm³/mol. The van der Waals surface area contributed by atoms with Gasteiger partial charge < -0.3 is 9.84 Å². The number of alkyl halides is 3. The first-order chi connectivity index (χ1) is 15.8. The zero-order valence-corrected chi connectivity index (χ0v) is 17.3. The minimum atomic E-state index is -4.38. The van der Waals surface area contributed by atoms with E-state index in [2.05, 4.69) is 9.97 Å². The van der Waals surface area contributed by atoms with E-state index in [9.17, 15) is 18.0 Å². The van der Waals surface area contributed by atoms with Gasteiger partial charge in [-0.15, -0.1) is 0 Å². The van der Waals surface area contributed by atoms with Crippen LogP contribution in [0, 0.1) is 0 Å². The van der Waals surface area contributed by atoms with Gasteiger partial charge in [-0.3, -0.25) is 4.79 Å². The molecule has 0 unspecified atom stereocenters. The second kappa shape index (κ2) is 9.28. The lowest BCUT2D eigenvalue weighted by Crippen LogP contribution is -2.04. The summed E-state index contributed by atoms with van der Waals surface area (Å²) >= 11 is 0. The van der Waals surface area contributed by atoms with Gasteiger partial charge in [0.1, 0.15) is 12.4 Å². The molecule has 0 radical (unpaired) electrons. The molecule has 0 bridgehead atoms. The highest BCUT2D eigenvalue weighted by molar-refractivity contribution is 5.91. The van der Waals surface area contributed by atoms with Crippen LogP contribution in [-0.2, 0) is 24.0 Å². The van der Waals surface area contributed by atoms with Crippen molar-refractivity contribution in [2.24, 2.45) is 0 Å². The van der Waals surface area contributed by atoms with Crippen molar-refractivity contribution in [3.63, 3.8) is 0 Å². The molecule has 1 heterocycles. The van der Waals surface area contributed by atoms with Crippen LogP contribution in [0.3, 0.4) is 0 Å². The highest BCUT2D eigenvalue weighted by Gasteiger charge is 2.30. The molecule has 0 fully saturated rings. The number of fused-ring (bicyclic) bond motifs is 1. The van der Waals surface area contributed by atoms with Crippen LogP contribution in [0.5, 0.6) is 5.75 Å². The van der Waals surface area contributed by atoms with Crippen molar-refractivity contribution >= 4 is 16.7 Å². The van der Waals surface area contributed by atoms with Gasteiger partial charge in [-0.25, -0.2) is 9.97 Å². The number of aromatic nitrogens is 2. The molecule has 1 N–H and O–H groups in total. The van der Waals surface area contributed by atoms with Gasteiger partial charge in [0.2, 0.25) is 0 Å². The van der Waals surface area contributed by atoms with E-state index in [1.54, 1.807) is 18.5 Å². The van der Waals surface area contributed by atoms with Gasteiger partial charge in [0.05, 0.1) is 5.56 Å². The maximum atomic E-state index is 12.7. The second-order valence-corrected chi connectivity index (χ2v) is 7.41. The monoisotopic (exact) mass is 452 g/mol. The number of ether oxygens (including phenoxy) is 1. The van der Waals surface area contributed by atoms with Gasteiger partial charge in [-0.05, 0) is 41.1 Å². The fourth-order valence-corrected chi connectivity index (χ4v) is 3.49. The number of carboxylic acids is 1. The minimum absolute atomic E-state index is 0.0450. The standard InChI is InChI=1S/C25H19F3N2O3/c26-25(27,28)19-9-5-16(6-10-19)18-13-29-23(30-14-18)15-33-22-11-7-17(8-12-24(31)32)20-3-1-2-4-21(20)22/h1-7,9-11,13-14H,8,12,15H2,(H,31,32). The molecule has 0 saturated heterocycles. The Labute approximate surface area is 187 Å². The molecule has 4 aromatic rings. The van der Waals surface area contributed by atoms with E-state index in [0.717, 1.165) is 28.5 Å². The summed E-state index contributed by atoms with van der Waals surface area (Å²) in [6.45, 7) is 0.103.